The summed E-state index contributed by atoms with van der Waals surface area (Å²) >= 11 is 3.58. The number of likely N-dealkylation sites (tertiary alicyclic amines) is 1. The zero-order valence-corrected chi connectivity index (χ0v) is 28.2. The van der Waals surface area contributed by atoms with Gasteiger partial charge >= 0.3 is 0 Å². The highest BCUT2D eigenvalue weighted by atomic mass is 79.9. The van der Waals surface area contributed by atoms with E-state index in [1.807, 2.05) is 54.3 Å². The zero-order chi connectivity index (χ0) is 31.4. The number of aliphatic hydroxyl groups is 1. The Bertz CT molecular complexity index is 1470. The minimum Gasteiger partial charge on any atom is -0.394 e. The maximum Gasteiger partial charge on any atom is 0.264 e. The van der Waals surface area contributed by atoms with E-state index >= 15 is 4.11 Å². The van der Waals surface area contributed by atoms with Gasteiger partial charge in [-0.25, -0.2) is 0 Å². The van der Waals surface area contributed by atoms with Crippen LogP contribution >= 0.6 is 15.9 Å². The van der Waals surface area contributed by atoms with Gasteiger partial charge in [0.1, 0.15) is 0 Å². The van der Waals surface area contributed by atoms with Gasteiger partial charge in [0.15, 0.2) is 5.60 Å². The first-order chi connectivity index (χ1) is 21.0. The lowest BCUT2D eigenvalue weighted by Gasteiger charge is -2.31. The molecule has 3 saturated heterocycles. The van der Waals surface area contributed by atoms with Crippen LogP contribution in [0.1, 0.15) is 56.6 Å². The van der Waals surface area contributed by atoms with Crippen LogP contribution in [0.5, 0.6) is 0 Å². The van der Waals surface area contributed by atoms with Crippen molar-refractivity contribution in [2.24, 2.45) is 5.92 Å². The summed E-state index contributed by atoms with van der Waals surface area (Å²) in [5.74, 6) is -0.830. The van der Waals surface area contributed by atoms with Crippen LogP contribution in [0.4, 0.5) is 15.5 Å². The van der Waals surface area contributed by atoms with Crippen LogP contribution in [-0.4, -0.2) is 68.0 Å². The molecule has 8 nitrogen and oxygen atoms in total. The van der Waals surface area contributed by atoms with Gasteiger partial charge in [-0.15, -0.1) is 0 Å². The maximum absolute atomic E-state index is 16.2. The van der Waals surface area contributed by atoms with Crippen LogP contribution in [0, 0.1) is 5.92 Å². The number of carbonyl (C=O) groups is 3. The number of hydrogen-bond acceptors (Lipinski definition) is 5. The third-order valence-corrected chi connectivity index (χ3v) is 13.0. The number of benzene rings is 2. The minimum absolute atomic E-state index is 0.0316. The largest absolute Gasteiger partial charge is 0.394 e. The summed E-state index contributed by atoms with van der Waals surface area (Å²) in [6.07, 6.45) is 3.14. The summed E-state index contributed by atoms with van der Waals surface area (Å²) in [6, 6.07) is 13.2. The molecule has 5 atom stereocenters. The second-order valence-electron chi connectivity index (χ2n) is 13.3. The van der Waals surface area contributed by atoms with Crippen LogP contribution in [0.25, 0.3) is 0 Å². The van der Waals surface area contributed by atoms with Gasteiger partial charge in [-0.3, -0.25) is 14.4 Å². The first-order valence-corrected chi connectivity index (χ1v) is 19.5. The number of ether oxygens (including phenoxy) is 1. The van der Waals surface area contributed by atoms with Crippen molar-refractivity contribution in [1.82, 2.24) is 4.90 Å². The number of hydrogen-bond donors (Lipinski definition) is 1. The molecule has 4 heterocycles. The number of amides is 3. The Morgan fingerprint density at radius 3 is 2.66 bits per heavy atom. The van der Waals surface area contributed by atoms with Gasteiger partial charge < -0.3 is 28.7 Å². The van der Waals surface area contributed by atoms with Crippen molar-refractivity contribution in [3.05, 3.63) is 58.1 Å². The van der Waals surface area contributed by atoms with Gasteiger partial charge in [0, 0.05) is 46.7 Å². The molecule has 4 aliphatic heterocycles. The predicted octanol–water partition coefficient (Wildman–Crippen LogP) is 5.66. The SMILES string of the molecule is C[C@@H]1[C@@H]([Si](C)(C)F)[C@H](CC(=O)N2CCC[C@H]2CO)O[C@@]12C(=O)N(Cc1cccc(N3CCCCC3=O)c1)c1ccc(Br)cc12. The summed E-state index contributed by atoms with van der Waals surface area (Å²) < 4.78 is 23.8. The van der Waals surface area contributed by atoms with Crippen LogP contribution in [0.3, 0.4) is 0 Å². The van der Waals surface area contributed by atoms with Crippen molar-refractivity contribution in [2.45, 2.75) is 88.4 Å². The summed E-state index contributed by atoms with van der Waals surface area (Å²) in [6.45, 7) is 6.55. The smallest absolute Gasteiger partial charge is 0.264 e. The molecule has 0 saturated carbocycles. The first-order valence-electron chi connectivity index (χ1n) is 15.7. The van der Waals surface area contributed by atoms with Crippen molar-refractivity contribution in [2.75, 3.05) is 29.5 Å². The highest BCUT2D eigenvalue weighted by Gasteiger charge is 2.67. The first kappa shape index (κ1) is 31.4. The molecule has 6 rings (SSSR count). The Balaban J connectivity index is 1.34. The van der Waals surface area contributed by atoms with E-state index in [0.717, 1.165) is 41.4 Å². The van der Waals surface area contributed by atoms with E-state index in [1.165, 1.54) is 0 Å². The Morgan fingerprint density at radius 2 is 1.93 bits per heavy atom. The van der Waals surface area contributed by atoms with E-state index < -0.39 is 31.6 Å². The molecule has 44 heavy (non-hydrogen) atoms. The maximum atomic E-state index is 16.2. The molecule has 4 aliphatic rings. The van der Waals surface area contributed by atoms with Gasteiger partial charge in [-0.05, 0) is 74.7 Å². The summed E-state index contributed by atoms with van der Waals surface area (Å²) in [5.41, 5.74) is 1.05. The summed E-state index contributed by atoms with van der Waals surface area (Å²) in [5, 5.41) is 9.81. The molecule has 2 aromatic rings. The molecule has 236 valence electrons. The molecule has 0 aromatic heterocycles. The van der Waals surface area contributed by atoms with E-state index in [1.54, 1.807) is 22.9 Å². The number of piperidine rings is 1. The number of nitrogens with zero attached hydrogens (tertiary/aromatic N) is 3. The Hall–Kier alpha value is -2.60. The Morgan fingerprint density at radius 1 is 1.14 bits per heavy atom. The quantitative estimate of drug-likeness (QED) is 0.300. The molecule has 3 fully saturated rings. The molecule has 0 bridgehead atoms. The fourth-order valence-corrected chi connectivity index (χ4v) is 11.0. The zero-order valence-electron chi connectivity index (χ0n) is 25.6. The number of fused-ring (bicyclic) bond motifs is 2. The van der Waals surface area contributed by atoms with Crippen molar-refractivity contribution < 1.29 is 28.3 Å². The van der Waals surface area contributed by atoms with E-state index in [9.17, 15) is 19.5 Å². The molecule has 3 amide bonds. The average molecular weight is 687 g/mol. The van der Waals surface area contributed by atoms with E-state index in [4.69, 9.17) is 4.74 Å². The normalized spacial score (nSPS) is 28.8. The average Bonchev–Trinajstić information content (AvgIpc) is 3.64. The highest BCUT2D eigenvalue weighted by Crippen LogP contribution is 2.60. The molecule has 0 unspecified atom stereocenters. The number of carbonyl (C=O) groups excluding carboxylic acids is 3. The van der Waals surface area contributed by atoms with E-state index in [2.05, 4.69) is 15.9 Å². The van der Waals surface area contributed by atoms with Crippen molar-refractivity contribution in [3.8, 4) is 0 Å². The van der Waals surface area contributed by atoms with Crippen LogP contribution in [0.2, 0.25) is 18.6 Å². The van der Waals surface area contributed by atoms with E-state index in [0.29, 0.717) is 30.8 Å². The topological polar surface area (TPSA) is 90.4 Å². The molecular formula is C33H41BrFN3O5Si. The van der Waals surface area contributed by atoms with E-state index in [-0.39, 0.29) is 43.3 Å². The fourth-order valence-electron chi connectivity index (χ4n) is 8.10. The second-order valence-corrected chi connectivity index (χ2v) is 18.0. The summed E-state index contributed by atoms with van der Waals surface area (Å²) in [4.78, 5) is 46.1. The molecule has 2 aromatic carbocycles. The third kappa shape index (κ3) is 5.33. The number of halogens is 2. The van der Waals surface area contributed by atoms with Gasteiger partial charge in [-0.1, -0.05) is 35.0 Å². The standard InChI is InChI=1S/C33H41BrFN3O5Si/c1-21-31(44(2,3)35)28(18-30(41)37-15-7-10-25(37)20-39)43-33(21)26-17-23(34)12-13-27(26)38(32(33)42)19-22-8-6-9-24(16-22)36-14-5-4-11-29(36)40/h6,8-9,12-13,16-17,21,25,28,31,39H,4-5,7,10-11,14-15,18-20H2,1-3H3/t21-,25+,28+,31-,33+/m1/s1. The molecule has 1 spiro atoms. The van der Waals surface area contributed by atoms with Crippen LogP contribution in [0.15, 0.2) is 46.9 Å². The summed E-state index contributed by atoms with van der Waals surface area (Å²) in [7, 11) is -3.43. The number of aliphatic hydroxyl groups excluding tert-OH is 1. The van der Waals surface area contributed by atoms with Crippen LogP contribution in [-0.2, 0) is 31.3 Å². The van der Waals surface area contributed by atoms with Gasteiger partial charge in [0.25, 0.3) is 5.91 Å². The molecule has 0 aliphatic carbocycles. The lowest BCUT2D eigenvalue weighted by Crippen LogP contribution is -2.45. The lowest BCUT2D eigenvalue weighted by atomic mass is 9.82. The van der Waals surface area contributed by atoms with Crippen LogP contribution < -0.4 is 9.80 Å². The number of rotatable bonds is 7. The molecule has 11 heteroatoms. The van der Waals surface area contributed by atoms with Crippen molar-refractivity contribution in [3.63, 3.8) is 0 Å². The lowest BCUT2D eigenvalue weighted by molar-refractivity contribution is -0.150. The molecule has 1 N–H and O–H groups in total. The monoisotopic (exact) mass is 685 g/mol. The fraction of sp³-hybridized carbons (Fsp3) is 0.545. The Kier molecular flexibility index (Phi) is 8.53. The Labute approximate surface area is 267 Å². The molecular weight excluding hydrogens is 645 g/mol. The van der Waals surface area contributed by atoms with Crippen molar-refractivity contribution in [1.29, 1.82) is 0 Å². The van der Waals surface area contributed by atoms with Gasteiger partial charge in [0.05, 0.1) is 37.4 Å². The molecule has 0 radical (unpaired) electrons. The minimum atomic E-state index is -3.43. The van der Waals surface area contributed by atoms with Gasteiger partial charge in [-0.2, -0.15) is 0 Å². The van der Waals surface area contributed by atoms with Gasteiger partial charge in [0.2, 0.25) is 20.2 Å². The van der Waals surface area contributed by atoms with Crippen molar-refractivity contribution >= 4 is 53.4 Å². The second kappa shape index (κ2) is 12.0. The third-order valence-electron chi connectivity index (χ3n) is 10.1. The number of anilines is 2. The highest BCUT2D eigenvalue weighted by molar-refractivity contribution is 9.10. The predicted molar refractivity (Wildman–Crippen MR) is 172 cm³/mol.